The van der Waals surface area contributed by atoms with Gasteiger partial charge in [0.25, 0.3) is 15.3 Å². The normalized spacial score (nSPS) is 10.3. The molecule has 0 aliphatic rings. The fourth-order valence-electron chi connectivity index (χ4n) is 1.14. The van der Waals surface area contributed by atoms with Gasteiger partial charge in [0.2, 0.25) is 0 Å². The molecule has 0 saturated heterocycles. The van der Waals surface area contributed by atoms with Crippen LogP contribution in [-0.4, -0.2) is 15.3 Å². The molecular formula is C7H5N3O9. The summed E-state index contributed by atoms with van der Waals surface area (Å²) in [4.78, 5) is 42.5. The molecule has 0 spiro atoms. The van der Waals surface area contributed by atoms with Crippen LogP contribution in [0.4, 0.5) is 0 Å². The van der Waals surface area contributed by atoms with Gasteiger partial charge in [-0.05, 0) is 0 Å². The summed E-state index contributed by atoms with van der Waals surface area (Å²) in [6, 6.07) is 6.14. The highest BCUT2D eigenvalue weighted by molar-refractivity contribution is 5.17. The molecule has 0 aliphatic carbocycles. The molecule has 0 heterocycles. The minimum absolute atomic E-state index is 0.444. The van der Waals surface area contributed by atoms with Crippen molar-refractivity contribution in [2.24, 2.45) is 0 Å². The van der Waals surface area contributed by atoms with Gasteiger partial charge in [0.15, 0.2) is 0 Å². The molecule has 102 valence electrons. The van der Waals surface area contributed by atoms with Crippen LogP contribution in [0.5, 0.6) is 0 Å². The van der Waals surface area contributed by atoms with Crippen molar-refractivity contribution in [2.45, 2.75) is 5.97 Å². The molecule has 0 N–H and O–H groups in total. The molecule has 0 unspecified atom stereocenters. The maximum absolute atomic E-state index is 10.3. The summed E-state index contributed by atoms with van der Waals surface area (Å²) in [5.41, 5.74) is -0.444. The molecule has 0 saturated carbocycles. The fourth-order valence-corrected chi connectivity index (χ4v) is 1.14. The topological polar surface area (TPSA) is 157 Å². The first kappa shape index (κ1) is 13.9. The van der Waals surface area contributed by atoms with E-state index >= 15 is 0 Å². The smallest absolute Gasteiger partial charge is 0.245 e. The second-order valence-corrected chi connectivity index (χ2v) is 2.87. The Morgan fingerprint density at radius 3 is 1.47 bits per heavy atom. The zero-order chi connectivity index (χ0) is 14.5. The molecule has 0 fully saturated rings. The van der Waals surface area contributed by atoms with Crippen LogP contribution in [0.15, 0.2) is 30.3 Å². The van der Waals surface area contributed by atoms with E-state index in [0.717, 1.165) is 12.1 Å². The Kier molecular flexibility index (Phi) is 3.97. The van der Waals surface area contributed by atoms with Crippen LogP contribution in [0.3, 0.4) is 0 Å². The fraction of sp³-hybridized carbons (Fsp3) is 0.143. The Hall–Kier alpha value is -3.18. The standard InChI is InChI=1S/C7H5N3O9/c11-8(12)17-7(18-9(13)14,19-10(15)16)6-4-2-1-3-5-6/h1-5H. The Bertz CT molecular complexity index is 449. The summed E-state index contributed by atoms with van der Waals surface area (Å²) in [6.45, 7) is 0. The lowest BCUT2D eigenvalue weighted by atomic mass is 10.2. The SMILES string of the molecule is O=[N+]([O-])OC(O[N+](=O)[O-])(O[N+](=O)[O-])c1ccccc1. The van der Waals surface area contributed by atoms with Gasteiger partial charge in [0, 0.05) is 5.56 Å². The molecule has 0 bridgehead atoms. The Balaban J connectivity index is 3.28. The minimum atomic E-state index is -3.24. The molecule has 12 heteroatoms. The van der Waals surface area contributed by atoms with E-state index in [-0.39, 0.29) is 0 Å². The van der Waals surface area contributed by atoms with Crippen LogP contribution in [0, 0.1) is 30.3 Å². The summed E-state index contributed by atoms with van der Waals surface area (Å²) >= 11 is 0. The van der Waals surface area contributed by atoms with Crippen LogP contribution in [0.25, 0.3) is 0 Å². The van der Waals surface area contributed by atoms with Gasteiger partial charge in [-0.25, -0.2) is 14.5 Å². The second-order valence-electron chi connectivity index (χ2n) is 2.87. The van der Waals surface area contributed by atoms with E-state index in [0.29, 0.717) is 0 Å². The third-order valence-corrected chi connectivity index (χ3v) is 1.71. The van der Waals surface area contributed by atoms with Crippen molar-refractivity contribution in [2.75, 3.05) is 0 Å². The van der Waals surface area contributed by atoms with Crippen LogP contribution in [-0.2, 0) is 20.5 Å². The lowest BCUT2D eigenvalue weighted by Gasteiger charge is -2.25. The number of hydrogen-bond acceptors (Lipinski definition) is 9. The molecule has 19 heavy (non-hydrogen) atoms. The van der Waals surface area contributed by atoms with E-state index in [2.05, 4.69) is 14.5 Å². The molecule has 0 aliphatic heterocycles. The first-order valence-electron chi connectivity index (χ1n) is 4.42. The molecule has 0 aromatic heterocycles. The molecule has 0 radical (unpaired) electrons. The number of nitrogens with zero attached hydrogens (tertiary/aromatic N) is 3. The molecule has 0 amide bonds. The van der Waals surface area contributed by atoms with E-state index in [9.17, 15) is 30.3 Å². The molecular weight excluding hydrogens is 270 g/mol. The highest BCUT2D eigenvalue weighted by Crippen LogP contribution is 2.29. The lowest BCUT2D eigenvalue weighted by molar-refractivity contribution is -0.963. The van der Waals surface area contributed by atoms with E-state index in [4.69, 9.17) is 0 Å². The first-order valence-corrected chi connectivity index (χ1v) is 4.42. The maximum atomic E-state index is 10.3. The Morgan fingerprint density at radius 1 is 0.789 bits per heavy atom. The number of rotatable bonds is 7. The maximum Gasteiger partial charge on any atom is 0.432 e. The molecule has 12 nitrogen and oxygen atoms in total. The second kappa shape index (κ2) is 5.44. The minimum Gasteiger partial charge on any atom is -0.245 e. The van der Waals surface area contributed by atoms with Crippen molar-refractivity contribution in [3.05, 3.63) is 66.2 Å². The van der Waals surface area contributed by atoms with Crippen LogP contribution < -0.4 is 0 Å². The summed E-state index contributed by atoms with van der Waals surface area (Å²) in [7, 11) is 0. The number of benzene rings is 1. The zero-order valence-corrected chi connectivity index (χ0v) is 8.90. The average molecular weight is 275 g/mol. The van der Waals surface area contributed by atoms with Crippen molar-refractivity contribution in [3.63, 3.8) is 0 Å². The summed E-state index contributed by atoms with van der Waals surface area (Å²) in [5, 5.41) is 26.4. The third kappa shape index (κ3) is 3.65. The van der Waals surface area contributed by atoms with Gasteiger partial charge in [-0.15, -0.1) is 30.3 Å². The van der Waals surface area contributed by atoms with Crippen LogP contribution in [0.2, 0.25) is 0 Å². The van der Waals surface area contributed by atoms with Gasteiger partial charge in [-0.1, -0.05) is 30.3 Å². The van der Waals surface area contributed by atoms with Gasteiger partial charge < -0.3 is 0 Å². The molecule has 1 rings (SSSR count). The number of hydrogen-bond donors (Lipinski definition) is 0. The van der Waals surface area contributed by atoms with E-state index < -0.39 is 26.8 Å². The summed E-state index contributed by atoms with van der Waals surface area (Å²) in [5.74, 6) is -3.24. The van der Waals surface area contributed by atoms with E-state index in [1.807, 2.05) is 0 Å². The summed E-state index contributed by atoms with van der Waals surface area (Å²) < 4.78 is 0. The largest absolute Gasteiger partial charge is 0.432 e. The predicted octanol–water partition coefficient (Wildman–Crippen LogP) is 0.422. The quantitative estimate of drug-likeness (QED) is 0.390. The van der Waals surface area contributed by atoms with Gasteiger partial charge in [-0.3, -0.25) is 0 Å². The average Bonchev–Trinajstić information content (AvgIpc) is 2.27. The van der Waals surface area contributed by atoms with Crippen molar-refractivity contribution in [1.29, 1.82) is 0 Å². The molecule has 1 aromatic carbocycles. The van der Waals surface area contributed by atoms with Gasteiger partial charge >= 0.3 is 5.97 Å². The van der Waals surface area contributed by atoms with Crippen molar-refractivity contribution >= 4 is 0 Å². The Labute approximate surface area is 103 Å². The highest BCUT2D eigenvalue weighted by atomic mass is 17.2. The lowest BCUT2D eigenvalue weighted by Crippen LogP contribution is -2.41. The van der Waals surface area contributed by atoms with Gasteiger partial charge in [0.05, 0.1) is 0 Å². The summed E-state index contributed by atoms with van der Waals surface area (Å²) in [6.07, 6.45) is 0. The van der Waals surface area contributed by atoms with Crippen LogP contribution >= 0.6 is 0 Å². The van der Waals surface area contributed by atoms with Gasteiger partial charge in [-0.2, -0.15) is 0 Å². The predicted molar refractivity (Wildman–Crippen MR) is 52.4 cm³/mol. The molecule has 0 atom stereocenters. The first-order chi connectivity index (χ1) is 8.85. The van der Waals surface area contributed by atoms with E-state index in [1.54, 1.807) is 0 Å². The third-order valence-electron chi connectivity index (χ3n) is 1.71. The zero-order valence-electron chi connectivity index (χ0n) is 8.90. The van der Waals surface area contributed by atoms with Crippen molar-refractivity contribution in [1.82, 2.24) is 0 Å². The van der Waals surface area contributed by atoms with Crippen LogP contribution in [0.1, 0.15) is 5.56 Å². The van der Waals surface area contributed by atoms with E-state index in [1.165, 1.54) is 18.2 Å². The van der Waals surface area contributed by atoms with Gasteiger partial charge in [0.1, 0.15) is 0 Å². The monoisotopic (exact) mass is 275 g/mol. The van der Waals surface area contributed by atoms with Crippen molar-refractivity contribution < 1.29 is 29.8 Å². The molecule has 1 aromatic rings. The Morgan fingerprint density at radius 2 is 1.16 bits per heavy atom. The van der Waals surface area contributed by atoms with Crippen molar-refractivity contribution in [3.8, 4) is 0 Å². The highest BCUT2D eigenvalue weighted by Gasteiger charge is 2.46.